The number of hydrogen-bond acceptors (Lipinski definition) is 4. The normalized spacial score (nSPS) is 17.8. The number of aromatic nitrogens is 5. The number of aryl methyl sites for hydroxylation is 3. The van der Waals surface area contributed by atoms with Gasteiger partial charge in [-0.25, -0.2) is 9.97 Å². The molecule has 1 fully saturated rings. The van der Waals surface area contributed by atoms with E-state index >= 15 is 0 Å². The summed E-state index contributed by atoms with van der Waals surface area (Å²) in [4.78, 5) is 24.0. The highest BCUT2D eigenvalue weighted by atomic mass is 16.2. The molecule has 1 saturated heterocycles. The van der Waals surface area contributed by atoms with E-state index in [-0.39, 0.29) is 11.9 Å². The fourth-order valence-corrected chi connectivity index (χ4v) is 3.82. The highest BCUT2D eigenvalue weighted by Gasteiger charge is 2.29. The van der Waals surface area contributed by atoms with Gasteiger partial charge in [-0.1, -0.05) is 0 Å². The lowest BCUT2D eigenvalue weighted by atomic mass is 9.98. The predicted molar refractivity (Wildman–Crippen MR) is 97.6 cm³/mol. The molecule has 1 aliphatic rings. The van der Waals surface area contributed by atoms with Crippen LogP contribution < -0.4 is 0 Å². The van der Waals surface area contributed by atoms with Crippen molar-refractivity contribution in [3.8, 4) is 0 Å². The summed E-state index contributed by atoms with van der Waals surface area (Å²) in [5.74, 6) is 0.895. The van der Waals surface area contributed by atoms with Gasteiger partial charge in [0.25, 0.3) is 0 Å². The SMILES string of the molecule is Cc1cc([C@@H]2CCCCN2C(=O)CCc2ccnn2C)nc2nccn12. The number of nitrogens with zero attached hydrogens (tertiary/aromatic N) is 6. The van der Waals surface area contributed by atoms with E-state index in [0.717, 1.165) is 42.9 Å². The number of piperidine rings is 1. The van der Waals surface area contributed by atoms with E-state index in [1.54, 1.807) is 12.4 Å². The third-order valence-electron chi connectivity index (χ3n) is 5.27. The van der Waals surface area contributed by atoms with Crippen molar-refractivity contribution < 1.29 is 4.79 Å². The quantitative estimate of drug-likeness (QED) is 0.723. The van der Waals surface area contributed by atoms with E-state index in [1.807, 2.05) is 33.3 Å². The number of amides is 1. The molecule has 7 nitrogen and oxygen atoms in total. The summed E-state index contributed by atoms with van der Waals surface area (Å²) in [5.41, 5.74) is 3.13. The molecule has 4 heterocycles. The lowest BCUT2D eigenvalue weighted by Crippen LogP contribution is -2.39. The van der Waals surface area contributed by atoms with Crippen LogP contribution in [0.2, 0.25) is 0 Å². The van der Waals surface area contributed by atoms with Gasteiger partial charge in [-0.05, 0) is 44.7 Å². The second kappa shape index (κ2) is 6.90. The van der Waals surface area contributed by atoms with Crippen LogP contribution in [-0.2, 0) is 18.3 Å². The average molecular weight is 352 g/mol. The Morgan fingerprint density at radius 2 is 2.19 bits per heavy atom. The molecule has 0 aromatic carbocycles. The van der Waals surface area contributed by atoms with Crippen LogP contribution in [0.4, 0.5) is 0 Å². The van der Waals surface area contributed by atoms with Crippen molar-refractivity contribution in [3.63, 3.8) is 0 Å². The Kier molecular flexibility index (Phi) is 4.44. The summed E-state index contributed by atoms with van der Waals surface area (Å²) in [6.45, 7) is 2.85. The molecule has 0 aliphatic carbocycles. The summed E-state index contributed by atoms with van der Waals surface area (Å²) < 4.78 is 3.80. The van der Waals surface area contributed by atoms with Crippen molar-refractivity contribution in [3.05, 3.63) is 47.8 Å². The zero-order valence-corrected chi connectivity index (χ0v) is 15.3. The topological polar surface area (TPSA) is 68.3 Å². The molecule has 0 spiro atoms. The Bertz CT molecular complexity index is 927. The van der Waals surface area contributed by atoms with Crippen molar-refractivity contribution in [2.24, 2.45) is 7.05 Å². The molecule has 3 aromatic rings. The molecule has 1 atom stereocenters. The molecule has 0 saturated carbocycles. The maximum absolute atomic E-state index is 12.9. The zero-order chi connectivity index (χ0) is 18.1. The van der Waals surface area contributed by atoms with E-state index in [2.05, 4.69) is 23.1 Å². The summed E-state index contributed by atoms with van der Waals surface area (Å²) >= 11 is 0. The second-order valence-corrected chi connectivity index (χ2v) is 6.96. The number of fused-ring (bicyclic) bond motifs is 1. The third kappa shape index (κ3) is 3.09. The molecule has 0 unspecified atom stereocenters. The number of likely N-dealkylation sites (tertiary alicyclic amines) is 1. The highest BCUT2D eigenvalue weighted by molar-refractivity contribution is 5.77. The van der Waals surface area contributed by atoms with Gasteiger partial charge in [0.1, 0.15) is 0 Å². The first-order valence-corrected chi connectivity index (χ1v) is 9.20. The Morgan fingerprint density at radius 1 is 1.31 bits per heavy atom. The highest BCUT2D eigenvalue weighted by Crippen LogP contribution is 2.31. The van der Waals surface area contributed by atoms with E-state index in [0.29, 0.717) is 18.6 Å². The minimum atomic E-state index is 0.0446. The van der Waals surface area contributed by atoms with Crippen molar-refractivity contribution in [2.75, 3.05) is 6.54 Å². The zero-order valence-electron chi connectivity index (χ0n) is 15.3. The number of carbonyl (C=O) groups excluding carboxylic acids is 1. The number of imidazole rings is 1. The van der Waals surface area contributed by atoms with E-state index in [4.69, 9.17) is 4.98 Å². The Morgan fingerprint density at radius 3 is 3.00 bits per heavy atom. The molecule has 1 aliphatic heterocycles. The van der Waals surface area contributed by atoms with Crippen LogP contribution in [-0.4, -0.2) is 41.5 Å². The van der Waals surface area contributed by atoms with Gasteiger partial charge >= 0.3 is 0 Å². The van der Waals surface area contributed by atoms with Crippen LogP contribution >= 0.6 is 0 Å². The maximum Gasteiger partial charge on any atom is 0.234 e. The molecular weight excluding hydrogens is 328 g/mol. The molecule has 4 rings (SSSR count). The Labute approximate surface area is 152 Å². The molecular formula is C19H24N6O. The molecule has 26 heavy (non-hydrogen) atoms. The molecule has 3 aromatic heterocycles. The van der Waals surface area contributed by atoms with Gasteiger partial charge in [0, 0.05) is 50.0 Å². The van der Waals surface area contributed by atoms with E-state index < -0.39 is 0 Å². The van der Waals surface area contributed by atoms with Crippen LogP contribution in [0.3, 0.4) is 0 Å². The first-order valence-electron chi connectivity index (χ1n) is 9.20. The molecule has 1 amide bonds. The molecule has 0 N–H and O–H groups in total. The molecule has 7 heteroatoms. The van der Waals surface area contributed by atoms with Crippen molar-refractivity contribution in [1.82, 2.24) is 29.0 Å². The van der Waals surface area contributed by atoms with Crippen molar-refractivity contribution in [1.29, 1.82) is 0 Å². The minimum absolute atomic E-state index is 0.0446. The molecule has 0 radical (unpaired) electrons. The van der Waals surface area contributed by atoms with Gasteiger partial charge in [0.05, 0.1) is 11.7 Å². The average Bonchev–Trinajstić information content (AvgIpc) is 3.28. The monoisotopic (exact) mass is 352 g/mol. The largest absolute Gasteiger partial charge is 0.334 e. The summed E-state index contributed by atoms with van der Waals surface area (Å²) in [6.07, 6.45) is 9.80. The third-order valence-corrected chi connectivity index (χ3v) is 5.27. The summed E-state index contributed by atoms with van der Waals surface area (Å²) in [6, 6.07) is 4.10. The predicted octanol–water partition coefficient (Wildman–Crippen LogP) is 2.46. The molecule has 136 valence electrons. The van der Waals surface area contributed by atoms with Gasteiger partial charge < -0.3 is 4.90 Å². The van der Waals surface area contributed by atoms with Gasteiger partial charge in [-0.3, -0.25) is 13.9 Å². The maximum atomic E-state index is 12.9. The van der Waals surface area contributed by atoms with E-state index in [9.17, 15) is 4.79 Å². The fraction of sp³-hybridized carbons (Fsp3) is 0.474. The van der Waals surface area contributed by atoms with Crippen molar-refractivity contribution in [2.45, 2.75) is 45.1 Å². The molecule has 0 bridgehead atoms. The smallest absolute Gasteiger partial charge is 0.234 e. The minimum Gasteiger partial charge on any atom is -0.334 e. The number of hydrogen-bond donors (Lipinski definition) is 0. The lowest BCUT2D eigenvalue weighted by molar-refractivity contribution is -0.135. The fourth-order valence-electron chi connectivity index (χ4n) is 3.82. The standard InChI is InChI=1S/C19H24N6O/c1-14-13-16(22-19-20-10-12-24(14)19)17-5-3-4-11-25(17)18(26)7-6-15-8-9-21-23(15)2/h8-10,12-13,17H,3-7,11H2,1-2H3/t17-/m0/s1. The second-order valence-electron chi connectivity index (χ2n) is 6.96. The number of carbonyl (C=O) groups is 1. The van der Waals surface area contributed by atoms with Crippen LogP contribution in [0.1, 0.15) is 48.8 Å². The summed E-state index contributed by atoms with van der Waals surface area (Å²) in [7, 11) is 1.91. The first-order chi connectivity index (χ1) is 12.6. The van der Waals surface area contributed by atoms with Crippen LogP contribution in [0.5, 0.6) is 0 Å². The lowest BCUT2D eigenvalue weighted by Gasteiger charge is -2.35. The first kappa shape index (κ1) is 16.8. The number of rotatable bonds is 4. The summed E-state index contributed by atoms with van der Waals surface area (Å²) in [5, 5.41) is 4.18. The van der Waals surface area contributed by atoms with Crippen LogP contribution in [0, 0.1) is 6.92 Å². The van der Waals surface area contributed by atoms with Crippen LogP contribution in [0.15, 0.2) is 30.7 Å². The van der Waals surface area contributed by atoms with E-state index in [1.165, 1.54) is 0 Å². The van der Waals surface area contributed by atoms with Gasteiger partial charge in [0.15, 0.2) is 0 Å². The van der Waals surface area contributed by atoms with Crippen molar-refractivity contribution >= 4 is 11.7 Å². The van der Waals surface area contributed by atoms with Gasteiger partial charge in [-0.2, -0.15) is 5.10 Å². The Balaban J connectivity index is 1.55. The Hall–Kier alpha value is -2.70. The van der Waals surface area contributed by atoms with Gasteiger partial charge in [-0.15, -0.1) is 0 Å². The van der Waals surface area contributed by atoms with Gasteiger partial charge in [0.2, 0.25) is 11.7 Å². The van der Waals surface area contributed by atoms with Crippen LogP contribution in [0.25, 0.3) is 5.78 Å².